The Hall–Kier alpha value is -4.18. The van der Waals surface area contributed by atoms with Gasteiger partial charge in [0, 0.05) is 85.5 Å². The maximum atomic E-state index is 6.19. The van der Waals surface area contributed by atoms with Crippen molar-refractivity contribution in [2.45, 2.75) is 77.9 Å². The summed E-state index contributed by atoms with van der Waals surface area (Å²) in [6.45, 7) is 9.96. The molecule has 344 valence electrons. The number of aryl methyl sites for hydroxylation is 2. The molecule has 0 amide bonds. The third-order valence-electron chi connectivity index (χ3n) is 12.7. The number of nitrogens with two attached hydrogens (primary N) is 1. The first-order chi connectivity index (χ1) is 31.5. The molecule has 6 heterocycles. The summed E-state index contributed by atoms with van der Waals surface area (Å²) in [6, 6.07) is 24.0. The number of benzene rings is 2. The molecule has 10 rings (SSSR count). The largest absolute Gasteiger partial charge is 0.424 e. The van der Waals surface area contributed by atoms with Crippen LogP contribution in [0.15, 0.2) is 89.9 Å². The summed E-state index contributed by atoms with van der Waals surface area (Å²) in [7, 11) is 0. The highest BCUT2D eigenvalue weighted by Gasteiger charge is 2.43. The van der Waals surface area contributed by atoms with Crippen LogP contribution in [0, 0.1) is 29.6 Å². The third kappa shape index (κ3) is 12.2. The van der Waals surface area contributed by atoms with Crippen molar-refractivity contribution in [3.63, 3.8) is 0 Å². The van der Waals surface area contributed by atoms with Gasteiger partial charge in [-0.3, -0.25) is 0 Å². The van der Waals surface area contributed by atoms with Crippen molar-refractivity contribution < 1.29 is 9.47 Å². The van der Waals surface area contributed by atoms with Crippen LogP contribution >= 0.6 is 62.3 Å². The van der Waals surface area contributed by atoms with Crippen molar-refractivity contribution in [3.05, 3.63) is 116 Å². The fraction of sp³-hybridized carbons (Fsp3) is 0.447. The Morgan fingerprint density at radius 2 is 1.11 bits per heavy atom. The number of ether oxygens (including phenoxy) is 2. The predicted octanol–water partition coefficient (Wildman–Crippen LogP) is 11.7. The van der Waals surface area contributed by atoms with Crippen LogP contribution in [0.5, 0.6) is 23.5 Å². The first-order valence-corrected chi connectivity index (χ1v) is 24.7. The Kier molecular flexibility index (Phi) is 16.1. The Morgan fingerprint density at radius 3 is 1.60 bits per heavy atom. The lowest BCUT2D eigenvalue weighted by molar-refractivity contribution is 0.265. The molecule has 4 unspecified atom stereocenters. The van der Waals surface area contributed by atoms with Gasteiger partial charge in [0.2, 0.25) is 4.73 Å². The van der Waals surface area contributed by atoms with Crippen molar-refractivity contribution in [1.29, 1.82) is 0 Å². The second-order valence-electron chi connectivity index (χ2n) is 17.2. The van der Waals surface area contributed by atoms with E-state index in [4.69, 9.17) is 71.7 Å². The van der Waals surface area contributed by atoms with Gasteiger partial charge in [0.05, 0.1) is 0 Å². The van der Waals surface area contributed by atoms with E-state index in [1.54, 1.807) is 35.3 Å². The summed E-state index contributed by atoms with van der Waals surface area (Å²) < 4.78 is 15.8. The van der Waals surface area contributed by atoms with Crippen molar-refractivity contribution >= 4 is 73.7 Å². The lowest BCUT2D eigenvalue weighted by Gasteiger charge is -2.39. The van der Waals surface area contributed by atoms with E-state index < -0.39 is 0 Å². The molecule has 2 aliphatic heterocycles. The highest BCUT2D eigenvalue weighted by molar-refractivity contribution is 9.10. The number of halogens is 5. The van der Waals surface area contributed by atoms with Gasteiger partial charge >= 0.3 is 12.0 Å². The number of anilines is 2. The molecule has 4 aromatic heterocycles. The van der Waals surface area contributed by atoms with E-state index >= 15 is 0 Å². The van der Waals surface area contributed by atoms with Gasteiger partial charge in [0.25, 0.3) is 0 Å². The monoisotopic (exact) mass is 1020 g/mol. The molecule has 2 saturated carbocycles. The van der Waals surface area contributed by atoms with E-state index in [1.165, 1.54) is 37.1 Å². The van der Waals surface area contributed by atoms with Gasteiger partial charge in [-0.25, -0.2) is 19.3 Å². The van der Waals surface area contributed by atoms with E-state index in [9.17, 15) is 0 Å². The predicted molar refractivity (Wildman–Crippen MR) is 262 cm³/mol. The molecule has 2 aromatic carbocycles. The van der Waals surface area contributed by atoms with Gasteiger partial charge in [-0.1, -0.05) is 72.4 Å². The van der Waals surface area contributed by atoms with Crippen LogP contribution in [-0.2, 0) is 19.5 Å². The topological polar surface area (TPSA) is 138 Å². The zero-order valence-electron chi connectivity index (χ0n) is 36.5. The fourth-order valence-corrected chi connectivity index (χ4v) is 10.7. The van der Waals surface area contributed by atoms with Gasteiger partial charge in [-0.15, -0.1) is 5.10 Å². The Morgan fingerprint density at radius 1 is 0.631 bits per heavy atom. The summed E-state index contributed by atoms with van der Waals surface area (Å²) >= 11 is 27.3. The first-order valence-electron chi connectivity index (χ1n) is 22.4. The van der Waals surface area contributed by atoms with Gasteiger partial charge in [0.15, 0.2) is 5.82 Å². The Labute approximate surface area is 409 Å². The molecule has 2 saturated heterocycles. The minimum absolute atomic E-state index is 0.411. The lowest BCUT2D eigenvalue weighted by atomic mass is 9.82. The van der Waals surface area contributed by atoms with Gasteiger partial charge < -0.3 is 25.0 Å². The highest BCUT2D eigenvalue weighted by atomic mass is 79.9. The van der Waals surface area contributed by atoms with E-state index in [0.717, 1.165) is 64.4 Å². The molecule has 2 aliphatic carbocycles. The molecular formula is C47H54BrCl4N11O2. The summed E-state index contributed by atoms with van der Waals surface area (Å²) in [5.41, 5.74) is 8.54. The van der Waals surface area contributed by atoms with E-state index in [-0.39, 0.29) is 0 Å². The summed E-state index contributed by atoms with van der Waals surface area (Å²) in [6.07, 6.45) is 11.4. The van der Waals surface area contributed by atoms with Crippen LogP contribution in [0.3, 0.4) is 0 Å². The minimum Gasteiger partial charge on any atom is -0.424 e. The summed E-state index contributed by atoms with van der Waals surface area (Å²) in [5, 5.41) is 11.4. The SMILES string of the molecule is CCCn1nc(Br)nc1Oc1cccc(Cl)c1.CCCn1nc(CC2C3CCC2CN(c2ccnc(Cl)c2)C3)nc1Oc1cccc(Cl)c1.NC1C2CCC1CN(c1ccnc(Cl)c1)C2. The third-order valence-corrected chi connectivity index (χ3v) is 13.9. The average Bonchev–Trinajstić information content (AvgIpc) is 3.93. The quantitative estimate of drug-likeness (QED) is 0.117. The molecule has 4 fully saturated rings. The standard InChI is InChI=1S/C24H27Cl2N5O.C12H16ClN3.C11H11BrClN3O/c1-2-10-31-24(32-20-5-3-4-18(25)11-20)28-23(29-31)13-21-16-6-7-17(21)15-30(14-16)19-8-9-27-22(26)12-19;13-11-5-10(3-4-15-11)16-6-8-1-2-9(7-16)12(8)14;1-2-6-16-11(14-10(12)15-16)17-9-5-3-4-8(13)7-9/h3-5,8-9,11-12,16-17,21H,2,6-7,10,13-15H2,1H3;3-5,8-9,12H,1-2,6-7,14H2;3-5,7H,2,6H2,1H3. The fourth-order valence-electron chi connectivity index (χ4n) is 9.64. The molecule has 0 radical (unpaired) electrons. The number of pyridine rings is 2. The maximum Gasteiger partial charge on any atom is 0.321 e. The Bertz CT molecular complexity index is 2480. The molecule has 4 aliphatic rings. The molecule has 18 heteroatoms. The first kappa shape index (κ1) is 47.3. The van der Waals surface area contributed by atoms with E-state index in [1.807, 2.05) is 53.2 Å². The molecule has 0 spiro atoms. The summed E-state index contributed by atoms with van der Waals surface area (Å²) in [4.78, 5) is 21.9. The van der Waals surface area contributed by atoms with Crippen LogP contribution in [0.4, 0.5) is 11.4 Å². The van der Waals surface area contributed by atoms with Crippen molar-refractivity contribution in [2.75, 3.05) is 36.0 Å². The lowest BCUT2D eigenvalue weighted by Crippen LogP contribution is -2.48. The summed E-state index contributed by atoms with van der Waals surface area (Å²) in [5.74, 6) is 5.38. The highest BCUT2D eigenvalue weighted by Crippen LogP contribution is 2.45. The molecule has 13 nitrogen and oxygen atoms in total. The molecular weight excluding hydrogens is 972 g/mol. The molecule has 2 N–H and O–H groups in total. The van der Waals surface area contributed by atoms with Crippen LogP contribution in [0.25, 0.3) is 0 Å². The van der Waals surface area contributed by atoms with E-state index in [0.29, 0.717) is 84.2 Å². The van der Waals surface area contributed by atoms with Crippen LogP contribution in [-0.4, -0.2) is 71.7 Å². The van der Waals surface area contributed by atoms with Gasteiger partial charge in [0.1, 0.15) is 21.8 Å². The molecule has 4 bridgehead atoms. The second kappa shape index (κ2) is 22.1. The Balaban J connectivity index is 0.000000147. The van der Waals surface area contributed by atoms with Crippen LogP contribution < -0.4 is 25.0 Å². The minimum atomic E-state index is 0.411. The zero-order chi connectivity index (χ0) is 45.5. The van der Waals surface area contributed by atoms with Crippen molar-refractivity contribution in [1.82, 2.24) is 39.5 Å². The van der Waals surface area contributed by atoms with E-state index in [2.05, 4.69) is 65.7 Å². The maximum absolute atomic E-state index is 6.19. The zero-order valence-corrected chi connectivity index (χ0v) is 41.1. The number of rotatable bonds is 12. The number of piperidine rings is 2. The van der Waals surface area contributed by atoms with Crippen LogP contribution in [0.1, 0.15) is 58.2 Å². The average molecular weight is 1030 g/mol. The molecule has 6 aromatic rings. The van der Waals surface area contributed by atoms with Crippen molar-refractivity contribution in [2.24, 2.45) is 35.3 Å². The number of hydrogen-bond donors (Lipinski definition) is 1. The normalized spacial score (nSPS) is 21.9. The molecule has 65 heavy (non-hydrogen) atoms. The number of fused-ring (bicyclic) bond motifs is 4. The van der Waals surface area contributed by atoms with Crippen molar-refractivity contribution in [3.8, 4) is 23.5 Å². The van der Waals surface area contributed by atoms with Gasteiger partial charge in [-0.2, -0.15) is 15.1 Å². The smallest absolute Gasteiger partial charge is 0.321 e. The number of nitrogens with zero attached hydrogens (tertiary/aromatic N) is 10. The number of aromatic nitrogens is 8. The molecule has 4 atom stereocenters. The van der Waals surface area contributed by atoms with Crippen LogP contribution in [0.2, 0.25) is 20.4 Å². The van der Waals surface area contributed by atoms with Gasteiger partial charge in [-0.05, 0) is 145 Å². The second-order valence-corrected chi connectivity index (χ2v) is 19.5. The number of hydrogen-bond acceptors (Lipinski definition) is 11.